The van der Waals surface area contributed by atoms with E-state index < -0.39 is 6.10 Å². The van der Waals surface area contributed by atoms with Gasteiger partial charge in [-0.3, -0.25) is 0 Å². The van der Waals surface area contributed by atoms with E-state index >= 15 is 0 Å². The first-order valence-electron chi connectivity index (χ1n) is 8.16. The SMILES string of the molecule is Cc1cc(OC[C@H](O)CNC(=O)NC2CCCCC2)ccc1Cl. The van der Waals surface area contributed by atoms with E-state index in [4.69, 9.17) is 16.3 Å². The molecule has 6 heteroatoms. The number of carbonyl (C=O) groups excluding carboxylic acids is 1. The first kappa shape index (κ1) is 17.9. The van der Waals surface area contributed by atoms with E-state index in [9.17, 15) is 9.90 Å². The van der Waals surface area contributed by atoms with Crippen molar-refractivity contribution >= 4 is 17.6 Å². The largest absolute Gasteiger partial charge is 0.491 e. The molecule has 1 saturated carbocycles. The second-order valence-corrected chi connectivity index (χ2v) is 6.47. The number of nitrogens with one attached hydrogen (secondary N) is 2. The smallest absolute Gasteiger partial charge is 0.315 e. The van der Waals surface area contributed by atoms with Crippen molar-refractivity contribution in [1.82, 2.24) is 10.6 Å². The Morgan fingerprint density at radius 2 is 2.13 bits per heavy atom. The summed E-state index contributed by atoms with van der Waals surface area (Å²) in [6.45, 7) is 2.17. The summed E-state index contributed by atoms with van der Waals surface area (Å²) in [4.78, 5) is 11.8. The van der Waals surface area contributed by atoms with Gasteiger partial charge < -0.3 is 20.5 Å². The number of aryl methyl sites for hydroxylation is 1. The van der Waals surface area contributed by atoms with Crippen molar-refractivity contribution in [2.24, 2.45) is 0 Å². The van der Waals surface area contributed by atoms with Crippen molar-refractivity contribution in [3.05, 3.63) is 28.8 Å². The van der Waals surface area contributed by atoms with Gasteiger partial charge in [0, 0.05) is 17.6 Å². The van der Waals surface area contributed by atoms with Gasteiger partial charge in [0.25, 0.3) is 0 Å². The molecule has 128 valence electrons. The van der Waals surface area contributed by atoms with Gasteiger partial charge in [-0.25, -0.2) is 4.79 Å². The number of halogens is 1. The van der Waals surface area contributed by atoms with Crippen molar-refractivity contribution in [1.29, 1.82) is 0 Å². The number of benzene rings is 1. The van der Waals surface area contributed by atoms with E-state index in [0.717, 1.165) is 18.4 Å². The fourth-order valence-corrected chi connectivity index (χ4v) is 2.77. The lowest BCUT2D eigenvalue weighted by atomic mass is 9.96. The Hall–Kier alpha value is -1.46. The van der Waals surface area contributed by atoms with E-state index in [1.165, 1.54) is 19.3 Å². The van der Waals surface area contributed by atoms with Crippen LogP contribution >= 0.6 is 11.6 Å². The number of ether oxygens (including phenoxy) is 1. The summed E-state index contributed by atoms with van der Waals surface area (Å²) in [5.74, 6) is 0.651. The second kappa shape index (κ2) is 8.99. The zero-order valence-electron chi connectivity index (χ0n) is 13.5. The minimum atomic E-state index is -0.761. The van der Waals surface area contributed by atoms with Gasteiger partial charge in [-0.1, -0.05) is 30.9 Å². The number of amides is 2. The minimum absolute atomic E-state index is 0.116. The fraction of sp³-hybridized carbons (Fsp3) is 0.588. The summed E-state index contributed by atoms with van der Waals surface area (Å²) in [6, 6.07) is 5.37. The summed E-state index contributed by atoms with van der Waals surface area (Å²) in [5.41, 5.74) is 0.920. The normalized spacial score (nSPS) is 16.7. The summed E-state index contributed by atoms with van der Waals surface area (Å²) in [6.07, 6.45) is 4.90. The van der Waals surface area contributed by atoms with E-state index in [2.05, 4.69) is 10.6 Å². The van der Waals surface area contributed by atoms with Gasteiger partial charge in [0.1, 0.15) is 18.5 Å². The van der Waals surface area contributed by atoms with Crippen LogP contribution in [-0.2, 0) is 0 Å². The van der Waals surface area contributed by atoms with Crippen molar-refractivity contribution < 1.29 is 14.6 Å². The molecule has 23 heavy (non-hydrogen) atoms. The molecule has 3 N–H and O–H groups in total. The lowest BCUT2D eigenvalue weighted by Crippen LogP contribution is -2.45. The number of hydrogen-bond acceptors (Lipinski definition) is 3. The van der Waals surface area contributed by atoms with E-state index in [-0.39, 0.29) is 25.2 Å². The Balaban J connectivity index is 1.64. The lowest BCUT2D eigenvalue weighted by Gasteiger charge is -2.23. The van der Waals surface area contributed by atoms with Crippen LogP contribution in [0.25, 0.3) is 0 Å². The maximum Gasteiger partial charge on any atom is 0.315 e. The average molecular weight is 341 g/mol. The summed E-state index contributed by atoms with van der Waals surface area (Å²) in [5, 5.41) is 16.2. The molecule has 1 aliphatic rings. The van der Waals surface area contributed by atoms with E-state index in [1.807, 2.05) is 13.0 Å². The number of rotatable bonds is 6. The fourth-order valence-electron chi connectivity index (χ4n) is 2.65. The Kier molecular flexibility index (Phi) is 6.99. The highest BCUT2D eigenvalue weighted by Crippen LogP contribution is 2.21. The van der Waals surface area contributed by atoms with Gasteiger partial charge in [0.05, 0.1) is 0 Å². The van der Waals surface area contributed by atoms with Crippen LogP contribution < -0.4 is 15.4 Å². The minimum Gasteiger partial charge on any atom is -0.491 e. The van der Waals surface area contributed by atoms with Gasteiger partial charge in [-0.2, -0.15) is 0 Å². The van der Waals surface area contributed by atoms with Gasteiger partial charge >= 0.3 is 6.03 Å². The van der Waals surface area contributed by atoms with Crippen LogP contribution in [0.3, 0.4) is 0 Å². The van der Waals surface area contributed by atoms with E-state index in [1.54, 1.807) is 12.1 Å². The third-order valence-electron chi connectivity index (χ3n) is 4.01. The average Bonchev–Trinajstić information content (AvgIpc) is 2.55. The van der Waals surface area contributed by atoms with E-state index in [0.29, 0.717) is 10.8 Å². The highest BCUT2D eigenvalue weighted by molar-refractivity contribution is 6.31. The molecule has 5 nitrogen and oxygen atoms in total. The van der Waals surface area contributed by atoms with Gasteiger partial charge in [0.2, 0.25) is 0 Å². The number of carbonyl (C=O) groups is 1. The molecule has 0 saturated heterocycles. The highest BCUT2D eigenvalue weighted by atomic mass is 35.5. The molecule has 0 radical (unpaired) electrons. The molecule has 1 aromatic carbocycles. The van der Waals surface area contributed by atoms with Gasteiger partial charge in [-0.05, 0) is 43.5 Å². The van der Waals surface area contributed by atoms with Crippen LogP contribution in [0.2, 0.25) is 5.02 Å². The second-order valence-electron chi connectivity index (χ2n) is 6.07. The molecule has 2 amide bonds. The molecule has 0 aromatic heterocycles. The first-order valence-corrected chi connectivity index (χ1v) is 8.54. The highest BCUT2D eigenvalue weighted by Gasteiger charge is 2.16. The van der Waals surface area contributed by atoms with Crippen LogP contribution in [0.4, 0.5) is 4.79 Å². The topological polar surface area (TPSA) is 70.6 Å². The standard InChI is InChI=1S/C17H25ClN2O3/c1-12-9-15(7-8-16(12)18)23-11-14(21)10-19-17(22)20-13-5-3-2-4-6-13/h7-9,13-14,21H,2-6,10-11H2,1H3,(H2,19,20,22)/t14-/m1/s1. The summed E-state index contributed by atoms with van der Waals surface area (Å²) < 4.78 is 5.51. The Bertz CT molecular complexity index is 519. The lowest BCUT2D eigenvalue weighted by molar-refractivity contribution is 0.107. The Morgan fingerprint density at radius 1 is 1.39 bits per heavy atom. The van der Waals surface area contributed by atoms with Crippen LogP contribution in [0.1, 0.15) is 37.7 Å². The maximum atomic E-state index is 11.8. The summed E-state index contributed by atoms with van der Waals surface area (Å²) >= 11 is 5.95. The quantitative estimate of drug-likeness (QED) is 0.745. The molecular formula is C17H25ClN2O3. The third kappa shape index (κ3) is 6.28. The van der Waals surface area contributed by atoms with Crippen LogP contribution in [0.15, 0.2) is 18.2 Å². The van der Waals surface area contributed by atoms with Crippen LogP contribution in [0, 0.1) is 6.92 Å². The zero-order chi connectivity index (χ0) is 16.7. The Morgan fingerprint density at radius 3 is 2.83 bits per heavy atom. The predicted octanol–water partition coefficient (Wildman–Crippen LogP) is 3.02. The van der Waals surface area contributed by atoms with Crippen molar-refractivity contribution in [2.75, 3.05) is 13.2 Å². The van der Waals surface area contributed by atoms with Gasteiger partial charge in [0.15, 0.2) is 0 Å². The number of urea groups is 1. The van der Waals surface area contributed by atoms with Crippen molar-refractivity contribution in [2.45, 2.75) is 51.2 Å². The third-order valence-corrected chi connectivity index (χ3v) is 4.43. The number of hydrogen-bond donors (Lipinski definition) is 3. The number of aliphatic hydroxyl groups is 1. The maximum absolute atomic E-state index is 11.8. The predicted molar refractivity (Wildman–Crippen MR) is 91.1 cm³/mol. The van der Waals surface area contributed by atoms with Crippen LogP contribution in [-0.4, -0.2) is 36.4 Å². The molecule has 0 heterocycles. The molecule has 0 spiro atoms. The monoisotopic (exact) mass is 340 g/mol. The number of aliphatic hydroxyl groups excluding tert-OH is 1. The zero-order valence-corrected chi connectivity index (χ0v) is 14.2. The molecule has 1 aromatic rings. The van der Waals surface area contributed by atoms with Crippen molar-refractivity contribution in [3.8, 4) is 5.75 Å². The van der Waals surface area contributed by atoms with Gasteiger partial charge in [-0.15, -0.1) is 0 Å². The molecule has 0 bridgehead atoms. The molecule has 1 aliphatic carbocycles. The summed E-state index contributed by atoms with van der Waals surface area (Å²) in [7, 11) is 0. The molecular weight excluding hydrogens is 316 g/mol. The Labute approximate surface area is 142 Å². The molecule has 0 unspecified atom stereocenters. The molecule has 0 aliphatic heterocycles. The first-order chi connectivity index (χ1) is 11.0. The van der Waals surface area contributed by atoms with Crippen LogP contribution in [0.5, 0.6) is 5.75 Å². The molecule has 1 atom stereocenters. The van der Waals surface area contributed by atoms with Crippen molar-refractivity contribution in [3.63, 3.8) is 0 Å². The molecule has 1 fully saturated rings. The molecule has 2 rings (SSSR count).